The molecule has 1 aliphatic heterocycles. The first-order valence-corrected chi connectivity index (χ1v) is 4.03. The highest BCUT2D eigenvalue weighted by molar-refractivity contribution is 7.80. The average molecular weight is 171 g/mol. The molecule has 0 saturated heterocycles. The lowest BCUT2D eigenvalue weighted by molar-refractivity contribution is -0.136. The SMILES string of the molecule is O=C1C=CC(=O)N1CCCS. The van der Waals surface area contributed by atoms with Gasteiger partial charge in [0.15, 0.2) is 0 Å². The van der Waals surface area contributed by atoms with Crippen molar-refractivity contribution in [1.29, 1.82) is 0 Å². The zero-order valence-corrected chi connectivity index (χ0v) is 6.88. The van der Waals surface area contributed by atoms with Gasteiger partial charge in [0.1, 0.15) is 0 Å². The summed E-state index contributed by atoms with van der Waals surface area (Å²) < 4.78 is 0. The molecule has 0 saturated carbocycles. The van der Waals surface area contributed by atoms with Gasteiger partial charge >= 0.3 is 0 Å². The van der Waals surface area contributed by atoms with Gasteiger partial charge in [-0.3, -0.25) is 14.5 Å². The average Bonchev–Trinajstić information content (AvgIpc) is 2.29. The number of carbonyl (C=O) groups is 2. The summed E-state index contributed by atoms with van der Waals surface area (Å²) in [5, 5.41) is 0. The molecular formula is C7H9NO2S. The van der Waals surface area contributed by atoms with E-state index in [1.54, 1.807) is 0 Å². The summed E-state index contributed by atoms with van der Waals surface area (Å²) in [5.74, 6) is 0.269. The van der Waals surface area contributed by atoms with Crippen molar-refractivity contribution in [3.05, 3.63) is 12.2 Å². The molecule has 0 bridgehead atoms. The Morgan fingerprint density at radius 2 is 1.82 bits per heavy atom. The van der Waals surface area contributed by atoms with Crippen LogP contribution in [0, 0.1) is 0 Å². The van der Waals surface area contributed by atoms with Crippen molar-refractivity contribution < 1.29 is 9.59 Å². The zero-order chi connectivity index (χ0) is 8.27. The van der Waals surface area contributed by atoms with Crippen LogP contribution in [-0.4, -0.2) is 29.0 Å². The highest BCUT2D eigenvalue weighted by Crippen LogP contribution is 2.03. The first kappa shape index (κ1) is 8.33. The van der Waals surface area contributed by atoms with E-state index in [9.17, 15) is 9.59 Å². The van der Waals surface area contributed by atoms with E-state index in [0.29, 0.717) is 12.3 Å². The smallest absolute Gasteiger partial charge is 0.253 e. The second-order valence-electron chi connectivity index (χ2n) is 2.24. The van der Waals surface area contributed by atoms with E-state index in [1.807, 2.05) is 0 Å². The van der Waals surface area contributed by atoms with Crippen LogP contribution in [0.4, 0.5) is 0 Å². The van der Waals surface area contributed by atoms with Gasteiger partial charge < -0.3 is 0 Å². The number of imide groups is 1. The Balaban J connectivity index is 2.46. The summed E-state index contributed by atoms with van der Waals surface area (Å²) in [6.45, 7) is 0.480. The lowest BCUT2D eigenvalue weighted by atomic mass is 10.4. The predicted molar refractivity (Wildman–Crippen MR) is 44.3 cm³/mol. The summed E-state index contributed by atoms with van der Waals surface area (Å²) in [6.07, 6.45) is 3.34. The Morgan fingerprint density at radius 3 is 2.27 bits per heavy atom. The molecule has 1 rings (SSSR count). The molecule has 0 atom stereocenters. The molecule has 0 N–H and O–H groups in total. The minimum absolute atomic E-state index is 0.211. The topological polar surface area (TPSA) is 37.4 Å². The summed E-state index contributed by atoms with van der Waals surface area (Å²) in [5.41, 5.74) is 0. The number of nitrogens with zero attached hydrogens (tertiary/aromatic N) is 1. The maximum absolute atomic E-state index is 10.9. The molecule has 60 valence electrons. The van der Waals surface area contributed by atoms with Gasteiger partial charge in [0, 0.05) is 18.7 Å². The molecule has 1 aliphatic rings. The quantitative estimate of drug-likeness (QED) is 0.487. The number of amides is 2. The van der Waals surface area contributed by atoms with E-state index < -0.39 is 0 Å². The van der Waals surface area contributed by atoms with Gasteiger partial charge in [-0.1, -0.05) is 0 Å². The maximum atomic E-state index is 10.9. The van der Waals surface area contributed by atoms with Crippen molar-refractivity contribution in [2.24, 2.45) is 0 Å². The van der Waals surface area contributed by atoms with Crippen molar-refractivity contribution in [1.82, 2.24) is 4.90 Å². The van der Waals surface area contributed by atoms with Crippen LogP contribution in [0.5, 0.6) is 0 Å². The predicted octanol–water partition coefficient (Wildman–Crippen LogP) is 0.231. The Kier molecular flexibility index (Phi) is 2.70. The van der Waals surface area contributed by atoms with Crippen molar-refractivity contribution in [3.63, 3.8) is 0 Å². The van der Waals surface area contributed by atoms with Gasteiger partial charge in [0.25, 0.3) is 11.8 Å². The van der Waals surface area contributed by atoms with Crippen LogP contribution in [0.2, 0.25) is 0 Å². The van der Waals surface area contributed by atoms with Crippen LogP contribution in [0.3, 0.4) is 0 Å². The van der Waals surface area contributed by atoms with Crippen molar-refractivity contribution in [2.75, 3.05) is 12.3 Å². The molecule has 0 aliphatic carbocycles. The van der Waals surface area contributed by atoms with Gasteiger partial charge in [-0.25, -0.2) is 0 Å². The van der Waals surface area contributed by atoms with Crippen molar-refractivity contribution >= 4 is 24.4 Å². The largest absolute Gasteiger partial charge is 0.275 e. The summed E-state index contributed by atoms with van der Waals surface area (Å²) in [7, 11) is 0. The van der Waals surface area contributed by atoms with Crippen molar-refractivity contribution in [3.8, 4) is 0 Å². The molecule has 0 fully saturated rings. The summed E-state index contributed by atoms with van der Waals surface area (Å²) in [6, 6.07) is 0. The van der Waals surface area contributed by atoms with Crippen LogP contribution < -0.4 is 0 Å². The molecule has 1 heterocycles. The summed E-state index contributed by atoms with van der Waals surface area (Å²) in [4.78, 5) is 23.0. The molecule has 0 aromatic rings. The number of hydrogen-bond donors (Lipinski definition) is 1. The number of carbonyl (C=O) groups excluding carboxylic acids is 2. The van der Waals surface area contributed by atoms with Crippen molar-refractivity contribution in [2.45, 2.75) is 6.42 Å². The third-order valence-corrected chi connectivity index (χ3v) is 1.76. The first-order valence-electron chi connectivity index (χ1n) is 3.40. The maximum Gasteiger partial charge on any atom is 0.253 e. The summed E-state index contributed by atoms with van der Waals surface area (Å²) >= 11 is 3.98. The third-order valence-electron chi connectivity index (χ3n) is 1.44. The van der Waals surface area contributed by atoms with E-state index in [2.05, 4.69) is 12.6 Å². The Morgan fingerprint density at radius 1 is 1.27 bits per heavy atom. The lowest BCUT2D eigenvalue weighted by Gasteiger charge is -2.11. The van der Waals surface area contributed by atoms with Crippen LogP contribution in [-0.2, 0) is 9.59 Å². The van der Waals surface area contributed by atoms with Gasteiger partial charge in [0.2, 0.25) is 0 Å². The molecule has 0 unspecified atom stereocenters. The fourth-order valence-electron chi connectivity index (χ4n) is 0.880. The number of rotatable bonds is 3. The minimum atomic E-state index is -0.211. The first-order chi connectivity index (χ1) is 5.25. The molecule has 0 aromatic heterocycles. The molecule has 2 amide bonds. The standard InChI is InChI=1S/C7H9NO2S/c9-6-2-3-7(10)8(6)4-1-5-11/h2-3,11H,1,4-5H2. The zero-order valence-electron chi connectivity index (χ0n) is 5.99. The second-order valence-corrected chi connectivity index (χ2v) is 2.69. The van der Waals surface area contributed by atoms with Gasteiger partial charge in [-0.2, -0.15) is 12.6 Å². The molecule has 0 aromatic carbocycles. The van der Waals surface area contributed by atoms with Crippen LogP contribution in [0.25, 0.3) is 0 Å². The van der Waals surface area contributed by atoms with E-state index in [4.69, 9.17) is 0 Å². The highest BCUT2D eigenvalue weighted by atomic mass is 32.1. The second kappa shape index (κ2) is 3.57. The molecule has 0 radical (unpaired) electrons. The molecule has 3 nitrogen and oxygen atoms in total. The van der Waals surface area contributed by atoms with Gasteiger partial charge in [-0.15, -0.1) is 0 Å². The third kappa shape index (κ3) is 1.83. The van der Waals surface area contributed by atoms with Crippen LogP contribution in [0.1, 0.15) is 6.42 Å². The molecule has 11 heavy (non-hydrogen) atoms. The van der Waals surface area contributed by atoms with Crippen LogP contribution in [0.15, 0.2) is 12.2 Å². The minimum Gasteiger partial charge on any atom is -0.275 e. The van der Waals surface area contributed by atoms with E-state index in [-0.39, 0.29) is 11.8 Å². The Hall–Kier alpha value is -0.770. The molecule has 4 heteroatoms. The number of thiol groups is 1. The fraction of sp³-hybridized carbons (Fsp3) is 0.429. The normalized spacial score (nSPS) is 16.6. The van der Waals surface area contributed by atoms with E-state index >= 15 is 0 Å². The molecular weight excluding hydrogens is 162 g/mol. The highest BCUT2D eigenvalue weighted by Gasteiger charge is 2.21. The molecule has 0 spiro atoms. The Bertz CT molecular complexity index is 194. The van der Waals surface area contributed by atoms with E-state index in [1.165, 1.54) is 17.1 Å². The van der Waals surface area contributed by atoms with Gasteiger partial charge in [-0.05, 0) is 12.2 Å². The Labute approximate surface area is 70.5 Å². The van der Waals surface area contributed by atoms with Crippen LogP contribution >= 0.6 is 12.6 Å². The fourth-order valence-corrected chi connectivity index (χ4v) is 1.02. The monoisotopic (exact) mass is 171 g/mol. The number of hydrogen-bond acceptors (Lipinski definition) is 3. The lowest BCUT2D eigenvalue weighted by Crippen LogP contribution is -2.31. The van der Waals surface area contributed by atoms with Gasteiger partial charge in [0.05, 0.1) is 0 Å². The van der Waals surface area contributed by atoms with E-state index in [0.717, 1.165) is 6.42 Å².